The predicted octanol–water partition coefficient (Wildman–Crippen LogP) is 3.12. The lowest BCUT2D eigenvalue weighted by Gasteiger charge is -2.15. The third-order valence-corrected chi connectivity index (χ3v) is 6.72. The number of hydrogen-bond acceptors (Lipinski definition) is 4. The highest BCUT2D eigenvalue weighted by Crippen LogP contribution is 2.59. The van der Waals surface area contributed by atoms with E-state index < -0.39 is 10.0 Å². The van der Waals surface area contributed by atoms with Crippen molar-refractivity contribution in [2.45, 2.75) is 32.6 Å². The first-order valence-corrected chi connectivity index (χ1v) is 9.93. The summed E-state index contributed by atoms with van der Waals surface area (Å²) in [5.74, 6) is 0.312. The van der Waals surface area contributed by atoms with Crippen LogP contribution in [0.15, 0.2) is 34.7 Å². The molecule has 1 aromatic carbocycles. The number of ether oxygens (including phenoxy) is 1. The predicted molar refractivity (Wildman–Crippen MR) is 103 cm³/mol. The molecule has 2 rings (SSSR count). The fourth-order valence-electron chi connectivity index (χ4n) is 3.22. The number of nitrogens with zero attached hydrogens (tertiary/aromatic N) is 1. The summed E-state index contributed by atoms with van der Waals surface area (Å²) in [5, 5.41) is 2.86. The number of amides is 1. The van der Waals surface area contributed by atoms with Crippen LogP contribution in [0.4, 0.5) is 5.69 Å². The third kappa shape index (κ3) is 3.78. The number of carbonyl (C=O) groups excluding carboxylic acids is 1. The molecule has 0 aromatic heterocycles. The summed E-state index contributed by atoms with van der Waals surface area (Å²) in [7, 11) is 0.821. The third-order valence-electron chi connectivity index (χ3n) is 4.91. The van der Waals surface area contributed by atoms with Gasteiger partial charge in [0.05, 0.1) is 23.6 Å². The molecule has 26 heavy (non-hydrogen) atoms. The molecule has 1 aromatic rings. The topological polar surface area (TPSA) is 75.7 Å². The zero-order chi connectivity index (χ0) is 19.9. The second kappa shape index (κ2) is 7.04. The van der Waals surface area contributed by atoms with Crippen molar-refractivity contribution < 1.29 is 17.9 Å². The number of methoxy groups -OCH3 is 1. The highest BCUT2D eigenvalue weighted by Gasteiger charge is 2.60. The number of rotatable bonds is 6. The monoisotopic (exact) mass is 380 g/mol. The van der Waals surface area contributed by atoms with Gasteiger partial charge in [-0.05, 0) is 43.4 Å². The molecule has 1 aliphatic rings. The van der Waals surface area contributed by atoms with E-state index in [0.717, 1.165) is 4.31 Å². The molecule has 1 aliphatic carbocycles. The molecule has 1 saturated carbocycles. The van der Waals surface area contributed by atoms with Crippen molar-refractivity contribution in [2.75, 3.05) is 26.5 Å². The van der Waals surface area contributed by atoms with E-state index >= 15 is 0 Å². The smallest absolute Gasteiger partial charge is 0.242 e. The molecule has 0 aliphatic heterocycles. The Bertz CT molecular complexity index is 837. The van der Waals surface area contributed by atoms with Gasteiger partial charge in [-0.3, -0.25) is 4.79 Å². The average molecular weight is 381 g/mol. The summed E-state index contributed by atoms with van der Waals surface area (Å²) < 4.78 is 31.1. The van der Waals surface area contributed by atoms with E-state index in [-0.39, 0.29) is 28.1 Å². The fraction of sp³-hybridized carbons (Fsp3) is 0.526. The Hall–Kier alpha value is -1.86. The summed E-state index contributed by atoms with van der Waals surface area (Å²) in [6, 6.07) is 4.46. The molecular formula is C19H28N2O4S. The highest BCUT2D eigenvalue weighted by molar-refractivity contribution is 7.89. The molecule has 0 spiro atoms. The maximum Gasteiger partial charge on any atom is 0.242 e. The van der Waals surface area contributed by atoms with E-state index in [9.17, 15) is 13.2 Å². The van der Waals surface area contributed by atoms with Crippen molar-refractivity contribution in [1.29, 1.82) is 0 Å². The Morgan fingerprint density at radius 3 is 2.38 bits per heavy atom. The Kier molecular flexibility index (Phi) is 5.54. The summed E-state index contributed by atoms with van der Waals surface area (Å²) in [6.07, 6.45) is 2.12. The maximum atomic E-state index is 12.8. The van der Waals surface area contributed by atoms with E-state index in [0.29, 0.717) is 11.4 Å². The minimum Gasteiger partial charge on any atom is -0.495 e. The number of allylic oxidation sites excluding steroid dienone is 2. The summed E-state index contributed by atoms with van der Waals surface area (Å²) in [4.78, 5) is 12.9. The molecule has 0 unspecified atom stereocenters. The largest absolute Gasteiger partial charge is 0.495 e. The van der Waals surface area contributed by atoms with E-state index in [1.807, 2.05) is 13.8 Å². The van der Waals surface area contributed by atoms with Gasteiger partial charge < -0.3 is 10.1 Å². The molecule has 7 heteroatoms. The Morgan fingerprint density at radius 2 is 1.88 bits per heavy atom. The Morgan fingerprint density at radius 1 is 1.27 bits per heavy atom. The molecule has 1 fully saturated rings. The molecule has 2 atom stereocenters. The van der Waals surface area contributed by atoms with Gasteiger partial charge in [0.15, 0.2) is 0 Å². The van der Waals surface area contributed by atoms with Crippen LogP contribution in [-0.2, 0) is 14.8 Å². The lowest BCUT2D eigenvalue weighted by Crippen LogP contribution is -2.23. The fourth-order valence-corrected chi connectivity index (χ4v) is 4.14. The first-order valence-electron chi connectivity index (χ1n) is 8.49. The zero-order valence-electron chi connectivity index (χ0n) is 16.5. The SMILES string of the molecule is COc1ccc(S(=O)(=O)N(C)C)cc1NC(=O)[C@@H]1[C@H](C=C(C)C)C1(C)C. The molecule has 0 heterocycles. The first-order chi connectivity index (χ1) is 11.9. The molecule has 1 amide bonds. The van der Waals surface area contributed by atoms with Gasteiger partial charge in [0, 0.05) is 14.1 Å². The lowest BCUT2D eigenvalue weighted by molar-refractivity contribution is -0.118. The molecule has 0 saturated heterocycles. The summed E-state index contributed by atoms with van der Waals surface area (Å²) in [6.45, 7) is 8.15. The standard InChI is InChI=1S/C19H28N2O4S/c1-12(2)10-14-17(19(14,3)4)18(22)20-15-11-13(8-9-16(15)25-7)26(23,24)21(5)6/h8-11,14,17H,1-7H3,(H,20,22)/t14-,17-/m0/s1. The summed E-state index contributed by atoms with van der Waals surface area (Å²) in [5.41, 5.74) is 1.41. The van der Waals surface area contributed by atoms with Gasteiger partial charge in [0.2, 0.25) is 15.9 Å². The van der Waals surface area contributed by atoms with Gasteiger partial charge in [-0.2, -0.15) is 0 Å². The normalized spacial score (nSPS) is 21.2. The van der Waals surface area contributed by atoms with Crippen LogP contribution in [0.1, 0.15) is 27.7 Å². The van der Waals surface area contributed by atoms with Crippen LogP contribution in [0.3, 0.4) is 0 Å². The molecule has 0 radical (unpaired) electrons. The van der Waals surface area contributed by atoms with Crippen molar-refractivity contribution in [3.05, 3.63) is 29.8 Å². The van der Waals surface area contributed by atoms with Crippen molar-refractivity contribution in [2.24, 2.45) is 17.3 Å². The molecule has 1 N–H and O–H groups in total. The Balaban J connectivity index is 2.32. The number of sulfonamides is 1. The molecule has 0 bridgehead atoms. The van der Waals surface area contributed by atoms with Crippen molar-refractivity contribution in [3.63, 3.8) is 0 Å². The number of nitrogens with one attached hydrogen (secondary N) is 1. The quantitative estimate of drug-likeness (QED) is 0.770. The van der Waals surface area contributed by atoms with Gasteiger partial charge in [-0.1, -0.05) is 25.5 Å². The maximum absolute atomic E-state index is 12.8. The second-order valence-corrected chi connectivity index (χ2v) is 9.86. The van der Waals surface area contributed by atoms with Crippen LogP contribution in [0, 0.1) is 17.3 Å². The lowest BCUT2D eigenvalue weighted by atomic mass is 10.1. The van der Waals surface area contributed by atoms with Crippen LogP contribution in [0.5, 0.6) is 5.75 Å². The van der Waals surface area contributed by atoms with Crippen molar-refractivity contribution in [1.82, 2.24) is 4.31 Å². The van der Waals surface area contributed by atoms with E-state index in [2.05, 4.69) is 25.2 Å². The van der Waals surface area contributed by atoms with E-state index in [1.54, 1.807) is 6.07 Å². The van der Waals surface area contributed by atoms with Crippen LogP contribution in [0.2, 0.25) is 0 Å². The number of hydrogen-bond donors (Lipinski definition) is 1. The molecular weight excluding hydrogens is 352 g/mol. The molecule has 6 nitrogen and oxygen atoms in total. The average Bonchev–Trinajstić information content (AvgIpc) is 3.06. The van der Waals surface area contributed by atoms with E-state index in [4.69, 9.17) is 4.74 Å². The number of benzene rings is 1. The first kappa shape index (κ1) is 20.5. The van der Waals surface area contributed by atoms with Crippen LogP contribution in [-0.4, -0.2) is 39.8 Å². The van der Waals surface area contributed by atoms with Gasteiger partial charge in [0.1, 0.15) is 5.75 Å². The van der Waals surface area contributed by atoms with Crippen molar-refractivity contribution in [3.8, 4) is 5.75 Å². The zero-order valence-corrected chi connectivity index (χ0v) is 17.3. The van der Waals surface area contributed by atoms with Gasteiger partial charge in [-0.25, -0.2) is 12.7 Å². The van der Waals surface area contributed by atoms with Crippen LogP contribution < -0.4 is 10.1 Å². The second-order valence-electron chi connectivity index (χ2n) is 7.71. The van der Waals surface area contributed by atoms with Crippen LogP contribution >= 0.6 is 0 Å². The number of carbonyl (C=O) groups is 1. The van der Waals surface area contributed by atoms with Crippen LogP contribution in [0.25, 0.3) is 0 Å². The van der Waals surface area contributed by atoms with Gasteiger partial charge >= 0.3 is 0 Å². The van der Waals surface area contributed by atoms with Crippen molar-refractivity contribution >= 4 is 21.6 Å². The van der Waals surface area contributed by atoms with E-state index in [1.165, 1.54) is 38.9 Å². The minimum absolute atomic E-state index is 0.106. The Labute approximate surface area is 156 Å². The number of anilines is 1. The summed E-state index contributed by atoms with van der Waals surface area (Å²) >= 11 is 0. The minimum atomic E-state index is -3.60. The van der Waals surface area contributed by atoms with Gasteiger partial charge in [0.25, 0.3) is 0 Å². The highest BCUT2D eigenvalue weighted by atomic mass is 32.2. The molecule has 144 valence electrons. The van der Waals surface area contributed by atoms with Gasteiger partial charge in [-0.15, -0.1) is 0 Å².